The van der Waals surface area contributed by atoms with Crippen molar-refractivity contribution in [1.82, 2.24) is 14.5 Å². The Balaban J connectivity index is 1.60. The minimum Gasteiger partial charge on any atom is -0.477 e. The highest BCUT2D eigenvalue weighted by Gasteiger charge is 2.25. The molecule has 0 aliphatic heterocycles. The first-order chi connectivity index (χ1) is 20.3. The van der Waals surface area contributed by atoms with Crippen molar-refractivity contribution < 1.29 is 29.1 Å². The second-order valence-corrected chi connectivity index (χ2v) is 9.72. The first-order valence-corrected chi connectivity index (χ1v) is 13.1. The number of hydrogen-bond acceptors (Lipinski definition) is 7. The lowest BCUT2D eigenvalue weighted by atomic mass is 10.1. The van der Waals surface area contributed by atoms with Crippen LogP contribution in [0.5, 0.6) is 11.5 Å². The highest BCUT2D eigenvalue weighted by Crippen LogP contribution is 2.40. The Morgan fingerprint density at radius 1 is 1.00 bits per heavy atom. The second-order valence-electron chi connectivity index (χ2n) is 9.72. The van der Waals surface area contributed by atoms with Gasteiger partial charge in [-0.15, -0.1) is 0 Å². The Morgan fingerprint density at radius 2 is 1.74 bits per heavy atom. The first-order valence-electron chi connectivity index (χ1n) is 13.1. The lowest BCUT2D eigenvalue weighted by molar-refractivity contribution is -0.384. The van der Waals surface area contributed by atoms with E-state index in [9.17, 15) is 24.8 Å². The minimum absolute atomic E-state index is 0.0210. The van der Waals surface area contributed by atoms with Gasteiger partial charge < -0.3 is 24.0 Å². The van der Waals surface area contributed by atoms with Crippen molar-refractivity contribution >= 4 is 39.4 Å². The number of carboxylic acid groups (broad SMARTS) is 1. The number of hydrogen-bond donors (Lipinski definition) is 1. The Labute approximate surface area is 240 Å². The number of non-ortho nitro benzene ring substituents is 1. The molecule has 2 aromatic heterocycles. The van der Waals surface area contributed by atoms with Crippen LogP contribution in [0.2, 0.25) is 0 Å². The minimum atomic E-state index is -1.21. The number of rotatable bonds is 11. The van der Waals surface area contributed by atoms with E-state index in [0.717, 1.165) is 5.56 Å². The number of nitrogens with zero attached hydrogens (tertiary/aromatic N) is 4. The molecule has 0 bridgehead atoms. The van der Waals surface area contributed by atoms with Gasteiger partial charge >= 0.3 is 5.97 Å². The lowest BCUT2D eigenvalue weighted by Crippen LogP contribution is -2.31. The van der Waals surface area contributed by atoms with E-state index in [1.165, 1.54) is 37.6 Å². The fraction of sp³-hybridized carbons (Fsp3) is 0.194. The number of benzene rings is 3. The van der Waals surface area contributed by atoms with Crippen molar-refractivity contribution in [3.63, 3.8) is 0 Å². The molecule has 0 aliphatic rings. The summed E-state index contributed by atoms with van der Waals surface area (Å²) in [5, 5.41) is 22.1. The van der Waals surface area contributed by atoms with Gasteiger partial charge in [0.05, 0.1) is 34.1 Å². The molecule has 1 amide bonds. The zero-order chi connectivity index (χ0) is 29.8. The number of fused-ring (bicyclic) bond motifs is 3. The molecule has 0 spiro atoms. The first kappa shape index (κ1) is 28.2. The largest absolute Gasteiger partial charge is 0.477 e. The van der Waals surface area contributed by atoms with Gasteiger partial charge in [0.15, 0.2) is 5.69 Å². The lowest BCUT2D eigenvalue weighted by Gasteiger charge is -2.18. The number of carbonyl (C=O) groups excluding carboxylic acids is 1. The molecule has 214 valence electrons. The van der Waals surface area contributed by atoms with Crippen molar-refractivity contribution in [3.8, 4) is 11.5 Å². The zero-order valence-electron chi connectivity index (χ0n) is 23.0. The maximum Gasteiger partial charge on any atom is 0.354 e. The number of nitro groups is 1. The second kappa shape index (κ2) is 12.1. The highest BCUT2D eigenvalue weighted by atomic mass is 16.6. The number of ether oxygens (including phenoxy) is 2. The summed E-state index contributed by atoms with van der Waals surface area (Å²) in [7, 11) is 3.21. The van der Waals surface area contributed by atoms with E-state index in [2.05, 4.69) is 4.98 Å². The molecule has 5 aromatic rings. The number of carbonyl (C=O) groups is 2. The summed E-state index contributed by atoms with van der Waals surface area (Å²) in [4.78, 5) is 42.1. The zero-order valence-corrected chi connectivity index (χ0v) is 23.0. The van der Waals surface area contributed by atoms with Crippen LogP contribution < -0.4 is 4.74 Å². The number of carboxylic acids is 1. The number of aromatic nitrogens is 2. The third-order valence-corrected chi connectivity index (χ3v) is 7.06. The summed E-state index contributed by atoms with van der Waals surface area (Å²) in [6, 6.07) is 20.9. The summed E-state index contributed by atoms with van der Waals surface area (Å²) >= 11 is 0. The number of pyridine rings is 1. The molecule has 0 fully saturated rings. The van der Waals surface area contributed by atoms with Crippen molar-refractivity contribution in [2.24, 2.45) is 0 Å². The van der Waals surface area contributed by atoms with Gasteiger partial charge in [-0.3, -0.25) is 14.9 Å². The monoisotopic (exact) mass is 568 g/mol. The molecule has 0 saturated carbocycles. The van der Waals surface area contributed by atoms with Gasteiger partial charge in [-0.25, -0.2) is 9.78 Å². The number of nitro benzene ring substituents is 1. The smallest absolute Gasteiger partial charge is 0.354 e. The fourth-order valence-electron chi connectivity index (χ4n) is 4.96. The number of aromatic carboxylic acids is 1. The molecule has 3 aromatic carbocycles. The summed E-state index contributed by atoms with van der Waals surface area (Å²) in [5.74, 6) is -0.612. The highest BCUT2D eigenvalue weighted by molar-refractivity contribution is 6.14. The van der Waals surface area contributed by atoms with Crippen LogP contribution in [0.15, 0.2) is 79.0 Å². The molecule has 2 heterocycles. The summed E-state index contributed by atoms with van der Waals surface area (Å²) in [6.07, 6.45) is 2.15. The molecule has 0 atom stereocenters. The van der Waals surface area contributed by atoms with Crippen molar-refractivity contribution in [1.29, 1.82) is 0 Å². The summed E-state index contributed by atoms with van der Waals surface area (Å²) in [6.45, 7) is 0.458. The van der Waals surface area contributed by atoms with Gasteiger partial charge in [0.1, 0.15) is 18.0 Å². The normalized spacial score (nSPS) is 11.1. The maximum atomic E-state index is 13.4. The van der Waals surface area contributed by atoms with Crippen LogP contribution in [0.4, 0.5) is 5.69 Å². The van der Waals surface area contributed by atoms with Crippen LogP contribution in [-0.2, 0) is 29.1 Å². The van der Waals surface area contributed by atoms with Gasteiger partial charge in [0.2, 0.25) is 5.91 Å². The van der Waals surface area contributed by atoms with E-state index < -0.39 is 10.9 Å². The molecular weight excluding hydrogens is 540 g/mol. The summed E-state index contributed by atoms with van der Waals surface area (Å²) in [5.41, 5.74) is 2.40. The molecule has 11 heteroatoms. The Morgan fingerprint density at radius 3 is 2.40 bits per heavy atom. The third kappa shape index (κ3) is 5.63. The van der Waals surface area contributed by atoms with Crippen LogP contribution in [0.25, 0.3) is 21.8 Å². The van der Waals surface area contributed by atoms with Crippen molar-refractivity contribution in [3.05, 3.63) is 106 Å². The predicted octanol–water partition coefficient (Wildman–Crippen LogP) is 5.44. The van der Waals surface area contributed by atoms with Crippen LogP contribution in [0.3, 0.4) is 0 Å². The topological polar surface area (TPSA) is 137 Å². The molecule has 0 unspecified atom stereocenters. The van der Waals surface area contributed by atoms with Crippen LogP contribution in [-0.4, -0.2) is 57.1 Å². The van der Waals surface area contributed by atoms with Crippen molar-refractivity contribution in [2.75, 3.05) is 20.7 Å². The number of likely N-dealkylation sites (N-methyl/N-ethyl adjacent to an activating group) is 1. The molecule has 11 nitrogen and oxygen atoms in total. The van der Waals surface area contributed by atoms with Gasteiger partial charge in [0, 0.05) is 43.8 Å². The van der Waals surface area contributed by atoms with Crippen LogP contribution >= 0.6 is 0 Å². The van der Waals surface area contributed by atoms with E-state index in [4.69, 9.17) is 9.47 Å². The van der Waals surface area contributed by atoms with Crippen LogP contribution in [0, 0.1) is 10.1 Å². The fourth-order valence-corrected chi connectivity index (χ4v) is 4.96. The molecule has 0 radical (unpaired) electrons. The van der Waals surface area contributed by atoms with Gasteiger partial charge in [-0.05, 0) is 36.2 Å². The van der Waals surface area contributed by atoms with E-state index in [1.54, 1.807) is 28.6 Å². The molecule has 0 aliphatic carbocycles. The average molecular weight is 569 g/mol. The van der Waals surface area contributed by atoms with Crippen LogP contribution in [0.1, 0.15) is 21.6 Å². The average Bonchev–Trinajstić information content (AvgIpc) is 3.31. The molecule has 0 saturated heterocycles. The predicted molar refractivity (Wildman–Crippen MR) is 156 cm³/mol. The quantitative estimate of drug-likeness (QED) is 0.164. The maximum absolute atomic E-state index is 13.4. The Kier molecular flexibility index (Phi) is 8.12. The SMILES string of the molecule is COCc1c(C(=O)O)ncc2c1c1c(Oc3ccc([N+](=O)[O-])cc3)cccc1n2CC(=O)N(C)CCc1ccccc1. The van der Waals surface area contributed by atoms with Gasteiger partial charge in [0.25, 0.3) is 5.69 Å². The standard InChI is InChI=1S/C31H28N4O7/c1-33(16-15-20-7-4-3-5-8-20)27(36)18-34-24-9-6-10-26(42-22-13-11-21(12-14-22)35(39)40)29(24)28-23(19-41-2)30(31(37)38)32-17-25(28)34/h3-14,17H,15-16,18-19H2,1-2H3,(H,37,38). The molecular formula is C31H28N4O7. The molecule has 1 N–H and O–H groups in total. The molecule has 42 heavy (non-hydrogen) atoms. The molecule has 5 rings (SSSR count). The van der Waals surface area contributed by atoms with Crippen molar-refractivity contribution in [2.45, 2.75) is 19.6 Å². The van der Waals surface area contributed by atoms with E-state index >= 15 is 0 Å². The van der Waals surface area contributed by atoms with Gasteiger partial charge in [-0.2, -0.15) is 0 Å². The number of methoxy groups -OCH3 is 1. The third-order valence-electron chi connectivity index (χ3n) is 7.06. The Hall–Kier alpha value is -5.29. The Bertz CT molecular complexity index is 1780. The summed E-state index contributed by atoms with van der Waals surface area (Å²) < 4.78 is 13.4. The van der Waals surface area contributed by atoms with Gasteiger partial charge in [-0.1, -0.05) is 36.4 Å². The van der Waals surface area contributed by atoms with E-state index in [0.29, 0.717) is 51.8 Å². The van der Waals surface area contributed by atoms with E-state index in [-0.39, 0.29) is 30.4 Å². The van der Waals surface area contributed by atoms with E-state index in [1.807, 2.05) is 36.4 Å². The number of amides is 1.